The molecule has 0 unspecified atom stereocenters. The van der Waals surface area contributed by atoms with Crippen molar-refractivity contribution in [3.05, 3.63) is 38.7 Å². The Balaban J connectivity index is 1.90. The molecular weight excluding hydrogens is 340 g/mol. The lowest BCUT2D eigenvalue weighted by atomic mass is 10.1. The number of rotatable bonds is 4. The zero-order valence-electron chi connectivity index (χ0n) is 11.0. The van der Waals surface area contributed by atoms with Crippen molar-refractivity contribution < 1.29 is 0 Å². The number of aromatic amines is 1. The van der Waals surface area contributed by atoms with Crippen molar-refractivity contribution in [1.29, 1.82) is 0 Å². The smallest absolute Gasteiger partial charge is 0.324 e. The fourth-order valence-electron chi connectivity index (χ4n) is 2.00. The molecule has 1 aliphatic rings. The van der Waals surface area contributed by atoms with E-state index >= 15 is 0 Å². The number of nitrogens with one attached hydrogen (secondary N) is 1. The Morgan fingerprint density at radius 3 is 2.90 bits per heavy atom. The third kappa shape index (κ3) is 2.70. The fraction of sp³-hybridized carbons (Fsp3) is 0.385. The summed E-state index contributed by atoms with van der Waals surface area (Å²) in [4.78, 5) is 12.8. The number of aromatic nitrogens is 3. The summed E-state index contributed by atoms with van der Waals surface area (Å²) in [6.45, 7) is 1.95. The second kappa shape index (κ2) is 5.38. The van der Waals surface area contributed by atoms with Gasteiger partial charge in [-0.25, -0.2) is 9.89 Å². The molecule has 0 amide bonds. The van der Waals surface area contributed by atoms with E-state index < -0.39 is 0 Å². The first-order valence-electron chi connectivity index (χ1n) is 6.46. The van der Waals surface area contributed by atoms with E-state index in [1.807, 2.05) is 25.1 Å². The van der Waals surface area contributed by atoms with Crippen molar-refractivity contribution in [3.63, 3.8) is 0 Å². The maximum Gasteiger partial charge on any atom is 0.344 e. The number of hydrogen-bond acceptors (Lipinski definition) is 4. The van der Waals surface area contributed by atoms with Gasteiger partial charge in [0.05, 0.1) is 0 Å². The summed E-state index contributed by atoms with van der Waals surface area (Å²) >= 11 is 5.04. The number of benzene rings is 1. The minimum atomic E-state index is -0.127. The standard InChI is InChI=1S/C13H15BrN4OS/c1-7(15)8-2-5-11(10(14)6-8)20-13-17-16-12(19)18(13)9-3-4-9/h2,5-7,9H,3-4,15H2,1H3,(H,16,19)/t7-/m0/s1. The summed E-state index contributed by atoms with van der Waals surface area (Å²) in [6, 6.07) is 6.33. The van der Waals surface area contributed by atoms with Crippen LogP contribution >= 0.6 is 27.7 Å². The lowest BCUT2D eigenvalue weighted by molar-refractivity contribution is 0.642. The van der Waals surface area contributed by atoms with Gasteiger partial charge >= 0.3 is 5.69 Å². The summed E-state index contributed by atoms with van der Waals surface area (Å²) in [5.41, 5.74) is 6.82. The molecule has 0 spiro atoms. The van der Waals surface area contributed by atoms with E-state index in [9.17, 15) is 4.79 Å². The molecule has 7 heteroatoms. The van der Waals surface area contributed by atoms with E-state index in [2.05, 4.69) is 26.1 Å². The molecule has 1 heterocycles. The van der Waals surface area contributed by atoms with Crippen LogP contribution in [0.1, 0.15) is 37.4 Å². The van der Waals surface area contributed by atoms with E-state index in [0.29, 0.717) is 11.2 Å². The Kier molecular flexibility index (Phi) is 3.74. The summed E-state index contributed by atoms with van der Waals surface area (Å²) < 4.78 is 2.71. The van der Waals surface area contributed by atoms with Crippen LogP contribution in [0, 0.1) is 0 Å². The molecule has 106 valence electrons. The highest BCUT2D eigenvalue weighted by Crippen LogP contribution is 2.39. The molecule has 1 fully saturated rings. The molecule has 1 atom stereocenters. The molecule has 20 heavy (non-hydrogen) atoms. The first kappa shape index (κ1) is 13.9. The molecule has 1 aromatic carbocycles. The quantitative estimate of drug-likeness (QED) is 0.884. The Bertz CT molecular complexity index is 690. The van der Waals surface area contributed by atoms with Crippen LogP contribution in [0.25, 0.3) is 0 Å². The number of hydrogen-bond donors (Lipinski definition) is 2. The number of halogens is 1. The molecule has 1 aromatic heterocycles. The van der Waals surface area contributed by atoms with Gasteiger partial charge in [0.1, 0.15) is 0 Å². The molecule has 2 aromatic rings. The Labute approximate surface area is 129 Å². The van der Waals surface area contributed by atoms with Gasteiger partial charge < -0.3 is 5.73 Å². The zero-order chi connectivity index (χ0) is 14.3. The summed E-state index contributed by atoms with van der Waals surface area (Å²) in [7, 11) is 0. The molecular formula is C13H15BrN4OS. The molecule has 3 rings (SSSR count). The predicted molar refractivity (Wildman–Crippen MR) is 82.0 cm³/mol. The Hall–Kier alpha value is -1.05. The molecule has 5 nitrogen and oxygen atoms in total. The van der Waals surface area contributed by atoms with E-state index in [0.717, 1.165) is 27.8 Å². The molecule has 0 bridgehead atoms. The highest BCUT2D eigenvalue weighted by molar-refractivity contribution is 9.10. The first-order valence-corrected chi connectivity index (χ1v) is 8.07. The van der Waals surface area contributed by atoms with Gasteiger partial charge in [-0.2, -0.15) is 0 Å². The van der Waals surface area contributed by atoms with E-state index in [1.54, 1.807) is 4.57 Å². The average molecular weight is 355 g/mol. The largest absolute Gasteiger partial charge is 0.344 e. The van der Waals surface area contributed by atoms with Gasteiger partial charge in [-0.1, -0.05) is 6.07 Å². The van der Waals surface area contributed by atoms with Gasteiger partial charge in [0.2, 0.25) is 0 Å². The van der Waals surface area contributed by atoms with E-state index in [1.165, 1.54) is 11.8 Å². The molecule has 1 saturated carbocycles. The second-order valence-corrected chi connectivity index (χ2v) is 6.86. The SMILES string of the molecule is C[C@H](N)c1ccc(Sc2n[nH]c(=O)n2C2CC2)c(Br)c1. The highest BCUT2D eigenvalue weighted by atomic mass is 79.9. The number of nitrogens with two attached hydrogens (primary N) is 1. The van der Waals surface area contributed by atoms with E-state index in [4.69, 9.17) is 5.73 Å². The van der Waals surface area contributed by atoms with Crippen molar-refractivity contribution in [2.24, 2.45) is 5.73 Å². The lowest BCUT2D eigenvalue weighted by Gasteiger charge is -2.09. The number of nitrogens with zero attached hydrogens (tertiary/aromatic N) is 2. The highest BCUT2D eigenvalue weighted by Gasteiger charge is 2.28. The minimum Gasteiger partial charge on any atom is -0.324 e. The van der Waals surface area contributed by atoms with Crippen LogP contribution < -0.4 is 11.4 Å². The van der Waals surface area contributed by atoms with Gasteiger partial charge in [-0.05, 0) is 65.2 Å². The van der Waals surface area contributed by atoms with Crippen molar-refractivity contribution in [3.8, 4) is 0 Å². The average Bonchev–Trinajstić information content (AvgIpc) is 3.17. The molecule has 0 aliphatic heterocycles. The topological polar surface area (TPSA) is 76.7 Å². The molecule has 3 N–H and O–H groups in total. The van der Waals surface area contributed by atoms with Crippen LogP contribution in [0.2, 0.25) is 0 Å². The maximum absolute atomic E-state index is 11.7. The molecule has 0 radical (unpaired) electrons. The minimum absolute atomic E-state index is 0.000350. The van der Waals surface area contributed by atoms with Crippen molar-refractivity contribution in [1.82, 2.24) is 14.8 Å². The molecule has 1 aliphatic carbocycles. The van der Waals surface area contributed by atoms with Crippen LogP contribution in [0.4, 0.5) is 0 Å². The summed E-state index contributed by atoms with van der Waals surface area (Å²) in [5.74, 6) is 0. The normalized spacial score (nSPS) is 16.4. The number of H-pyrrole nitrogens is 1. The summed E-state index contributed by atoms with van der Waals surface area (Å²) in [5, 5.41) is 7.36. The van der Waals surface area contributed by atoms with Gasteiger partial charge in [0, 0.05) is 21.5 Å². The second-order valence-electron chi connectivity index (χ2n) is 4.99. The summed E-state index contributed by atoms with van der Waals surface area (Å²) in [6.07, 6.45) is 2.11. The van der Waals surface area contributed by atoms with E-state index in [-0.39, 0.29) is 11.7 Å². The Morgan fingerprint density at radius 1 is 1.55 bits per heavy atom. The zero-order valence-corrected chi connectivity index (χ0v) is 13.4. The Morgan fingerprint density at radius 2 is 2.30 bits per heavy atom. The van der Waals surface area contributed by atoms with Crippen LogP contribution in [0.5, 0.6) is 0 Å². The third-order valence-corrected chi connectivity index (χ3v) is 5.23. The van der Waals surface area contributed by atoms with Gasteiger partial charge in [0.15, 0.2) is 5.16 Å². The lowest BCUT2D eigenvalue weighted by Crippen LogP contribution is -2.16. The van der Waals surface area contributed by atoms with Crippen LogP contribution in [0.3, 0.4) is 0 Å². The van der Waals surface area contributed by atoms with Crippen molar-refractivity contribution in [2.75, 3.05) is 0 Å². The monoisotopic (exact) mass is 354 g/mol. The van der Waals surface area contributed by atoms with Crippen molar-refractivity contribution in [2.45, 2.75) is 41.9 Å². The van der Waals surface area contributed by atoms with Crippen LogP contribution in [0.15, 0.2) is 37.5 Å². The van der Waals surface area contributed by atoms with Crippen LogP contribution in [-0.4, -0.2) is 14.8 Å². The fourth-order valence-corrected chi connectivity index (χ4v) is 3.55. The van der Waals surface area contributed by atoms with Gasteiger partial charge in [0.25, 0.3) is 0 Å². The van der Waals surface area contributed by atoms with Gasteiger partial charge in [-0.15, -0.1) is 5.10 Å². The molecule has 0 saturated heterocycles. The van der Waals surface area contributed by atoms with Crippen molar-refractivity contribution >= 4 is 27.7 Å². The third-order valence-electron chi connectivity index (χ3n) is 3.27. The first-order chi connectivity index (χ1) is 9.56. The maximum atomic E-state index is 11.7. The van der Waals surface area contributed by atoms with Crippen LogP contribution in [-0.2, 0) is 0 Å². The predicted octanol–water partition coefficient (Wildman–Crippen LogP) is 2.84. The van der Waals surface area contributed by atoms with Gasteiger partial charge in [-0.3, -0.25) is 4.57 Å².